The molecule has 3 heteroatoms. The Morgan fingerprint density at radius 3 is 2.54 bits per heavy atom. The number of nitrogens with zero attached hydrogens (tertiary/aromatic N) is 2. The topological polar surface area (TPSA) is 25.8 Å². The lowest BCUT2D eigenvalue weighted by Crippen LogP contribution is -1.87. The first kappa shape index (κ1) is 8.62. The zero-order valence-electron chi connectivity index (χ0n) is 6.81. The zero-order chi connectivity index (χ0) is 9.10. The van der Waals surface area contributed by atoms with Crippen LogP contribution in [-0.4, -0.2) is 10.2 Å². The Balaban J connectivity index is 2.48. The maximum Gasteiger partial charge on any atom is 0.0940 e. The average molecular weight is 282 g/mol. The van der Waals surface area contributed by atoms with Crippen LogP contribution >= 0.6 is 22.6 Å². The number of hydrogen-bond donors (Lipinski definition) is 0. The fourth-order valence-corrected chi connectivity index (χ4v) is 1.51. The minimum absolute atomic E-state index is 0.924. The Bertz CT molecular complexity index is 401. The molecule has 2 rings (SSSR count). The Kier molecular flexibility index (Phi) is 2.54. The standard InChI is InChI=1S/C10H7IN2/c11-9-6-10(13-12-7-9)8-4-2-1-3-5-8/h1-7H. The van der Waals surface area contributed by atoms with Crippen molar-refractivity contribution in [2.45, 2.75) is 0 Å². The number of benzene rings is 1. The Morgan fingerprint density at radius 2 is 1.85 bits per heavy atom. The van der Waals surface area contributed by atoms with Gasteiger partial charge in [0.25, 0.3) is 0 Å². The van der Waals surface area contributed by atoms with Crippen LogP contribution in [0.15, 0.2) is 42.6 Å². The van der Waals surface area contributed by atoms with Gasteiger partial charge >= 0.3 is 0 Å². The summed E-state index contributed by atoms with van der Waals surface area (Å²) in [4.78, 5) is 0. The van der Waals surface area contributed by atoms with E-state index in [-0.39, 0.29) is 0 Å². The molecule has 0 aliphatic rings. The van der Waals surface area contributed by atoms with Gasteiger partial charge in [-0.05, 0) is 28.7 Å². The fraction of sp³-hybridized carbons (Fsp3) is 0. The number of aromatic nitrogens is 2. The Hall–Kier alpha value is -0.970. The van der Waals surface area contributed by atoms with Crippen LogP contribution in [0.4, 0.5) is 0 Å². The van der Waals surface area contributed by atoms with Crippen molar-refractivity contribution in [1.29, 1.82) is 0 Å². The molecule has 13 heavy (non-hydrogen) atoms. The number of rotatable bonds is 1. The molecule has 0 atom stereocenters. The van der Waals surface area contributed by atoms with Gasteiger partial charge in [0.1, 0.15) is 0 Å². The smallest absolute Gasteiger partial charge is 0.0940 e. The molecule has 1 aromatic carbocycles. The summed E-state index contributed by atoms with van der Waals surface area (Å²) in [6, 6.07) is 12.1. The van der Waals surface area contributed by atoms with Crippen LogP contribution in [-0.2, 0) is 0 Å². The van der Waals surface area contributed by atoms with E-state index in [1.54, 1.807) is 6.20 Å². The molecule has 0 amide bonds. The van der Waals surface area contributed by atoms with Gasteiger partial charge in [-0.3, -0.25) is 0 Å². The third-order valence-electron chi connectivity index (χ3n) is 1.69. The van der Waals surface area contributed by atoms with Crippen molar-refractivity contribution in [3.8, 4) is 11.3 Å². The van der Waals surface area contributed by atoms with Crippen molar-refractivity contribution in [2.75, 3.05) is 0 Å². The van der Waals surface area contributed by atoms with Crippen molar-refractivity contribution in [3.05, 3.63) is 46.2 Å². The molecule has 0 aliphatic carbocycles. The second-order valence-electron chi connectivity index (χ2n) is 2.63. The van der Waals surface area contributed by atoms with E-state index in [1.807, 2.05) is 36.4 Å². The van der Waals surface area contributed by atoms with Crippen molar-refractivity contribution < 1.29 is 0 Å². The van der Waals surface area contributed by atoms with Crippen molar-refractivity contribution in [2.24, 2.45) is 0 Å². The van der Waals surface area contributed by atoms with E-state index in [0.717, 1.165) is 14.8 Å². The molecule has 0 saturated carbocycles. The summed E-state index contributed by atoms with van der Waals surface area (Å²) in [6.45, 7) is 0. The molecule has 0 saturated heterocycles. The molecule has 0 bridgehead atoms. The highest BCUT2D eigenvalue weighted by atomic mass is 127. The predicted octanol–water partition coefficient (Wildman–Crippen LogP) is 2.75. The largest absolute Gasteiger partial charge is 0.157 e. The molecule has 0 unspecified atom stereocenters. The highest BCUT2D eigenvalue weighted by Gasteiger charge is 1.98. The first-order valence-electron chi connectivity index (χ1n) is 3.90. The number of halogens is 1. The number of hydrogen-bond acceptors (Lipinski definition) is 2. The molecule has 2 nitrogen and oxygen atoms in total. The van der Waals surface area contributed by atoms with E-state index in [1.165, 1.54) is 0 Å². The van der Waals surface area contributed by atoms with Crippen LogP contribution in [0.5, 0.6) is 0 Å². The summed E-state index contributed by atoms with van der Waals surface area (Å²) in [6.07, 6.45) is 1.74. The van der Waals surface area contributed by atoms with Gasteiger partial charge in [-0.15, -0.1) is 0 Å². The lowest BCUT2D eigenvalue weighted by molar-refractivity contribution is 1.03. The highest BCUT2D eigenvalue weighted by molar-refractivity contribution is 14.1. The third-order valence-corrected chi connectivity index (χ3v) is 2.28. The predicted molar refractivity (Wildman–Crippen MR) is 60.2 cm³/mol. The maximum absolute atomic E-state index is 4.06. The summed E-state index contributed by atoms with van der Waals surface area (Å²) in [5.74, 6) is 0. The molecule has 0 N–H and O–H groups in total. The molecule has 1 heterocycles. The van der Waals surface area contributed by atoms with Crippen LogP contribution in [0, 0.1) is 3.57 Å². The van der Waals surface area contributed by atoms with Gasteiger partial charge in [-0.2, -0.15) is 10.2 Å². The third kappa shape index (κ3) is 2.03. The van der Waals surface area contributed by atoms with Gasteiger partial charge in [-0.25, -0.2) is 0 Å². The Labute approximate surface area is 90.2 Å². The first-order valence-corrected chi connectivity index (χ1v) is 4.98. The molecule has 0 fully saturated rings. The van der Waals surface area contributed by atoms with Crippen molar-refractivity contribution >= 4 is 22.6 Å². The van der Waals surface area contributed by atoms with Crippen LogP contribution in [0.1, 0.15) is 0 Å². The monoisotopic (exact) mass is 282 g/mol. The summed E-state index contributed by atoms with van der Waals surface area (Å²) in [7, 11) is 0. The molecule has 1 aromatic heterocycles. The van der Waals surface area contributed by atoms with Crippen molar-refractivity contribution in [1.82, 2.24) is 10.2 Å². The SMILES string of the molecule is Ic1cnnc(-c2ccccc2)c1. The molecule has 2 aromatic rings. The van der Waals surface area contributed by atoms with Gasteiger partial charge in [0.2, 0.25) is 0 Å². The van der Waals surface area contributed by atoms with Crippen molar-refractivity contribution in [3.63, 3.8) is 0 Å². The van der Waals surface area contributed by atoms with E-state index in [0.29, 0.717) is 0 Å². The molecule has 0 radical (unpaired) electrons. The second-order valence-corrected chi connectivity index (χ2v) is 3.87. The van der Waals surface area contributed by atoms with E-state index >= 15 is 0 Å². The van der Waals surface area contributed by atoms with Gasteiger partial charge in [-0.1, -0.05) is 30.3 Å². The lowest BCUT2D eigenvalue weighted by Gasteiger charge is -1.98. The average Bonchev–Trinajstić information content (AvgIpc) is 2.19. The van der Waals surface area contributed by atoms with Gasteiger partial charge in [0.15, 0.2) is 0 Å². The molecule has 64 valence electrons. The first-order chi connectivity index (χ1) is 6.36. The lowest BCUT2D eigenvalue weighted by atomic mass is 10.1. The normalized spacial score (nSPS) is 9.92. The molecular weight excluding hydrogens is 275 g/mol. The summed E-state index contributed by atoms with van der Waals surface area (Å²) < 4.78 is 1.10. The quantitative estimate of drug-likeness (QED) is 0.752. The van der Waals surface area contributed by atoms with E-state index < -0.39 is 0 Å². The summed E-state index contributed by atoms with van der Waals surface area (Å²) in [5, 5.41) is 7.96. The van der Waals surface area contributed by atoms with E-state index in [4.69, 9.17) is 0 Å². The van der Waals surface area contributed by atoms with Crippen LogP contribution < -0.4 is 0 Å². The van der Waals surface area contributed by atoms with Crippen LogP contribution in [0.3, 0.4) is 0 Å². The van der Waals surface area contributed by atoms with Gasteiger partial charge in [0, 0.05) is 9.13 Å². The summed E-state index contributed by atoms with van der Waals surface area (Å²) >= 11 is 2.23. The minimum atomic E-state index is 0.924. The molecular formula is C10H7IN2. The van der Waals surface area contributed by atoms with Gasteiger partial charge in [0.05, 0.1) is 11.9 Å². The van der Waals surface area contributed by atoms with E-state index in [9.17, 15) is 0 Å². The van der Waals surface area contributed by atoms with E-state index in [2.05, 4.69) is 32.8 Å². The second kappa shape index (κ2) is 3.83. The molecule has 0 spiro atoms. The van der Waals surface area contributed by atoms with Crippen LogP contribution in [0.25, 0.3) is 11.3 Å². The minimum Gasteiger partial charge on any atom is -0.157 e. The maximum atomic E-state index is 4.06. The van der Waals surface area contributed by atoms with Gasteiger partial charge < -0.3 is 0 Å². The van der Waals surface area contributed by atoms with Crippen LogP contribution in [0.2, 0.25) is 0 Å². The summed E-state index contributed by atoms with van der Waals surface area (Å²) in [5.41, 5.74) is 2.03. The molecule has 0 aliphatic heterocycles. The Morgan fingerprint density at radius 1 is 1.08 bits per heavy atom. The highest BCUT2D eigenvalue weighted by Crippen LogP contribution is 2.16. The zero-order valence-corrected chi connectivity index (χ0v) is 8.97. The fourth-order valence-electron chi connectivity index (χ4n) is 1.09.